The van der Waals surface area contributed by atoms with Gasteiger partial charge < -0.3 is 14.6 Å². The maximum atomic E-state index is 12.7. The van der Waals surface area contributed by atoms with Crippen molar-refractivity contribution in [2.45, 2.75) is 103 Å². The molecule has 0 spiro atoms. The molecule has 2 heterocycles. The SMILES string of the molecule is CCCCCCCCN1C(C)(C)CC(OC(=O)COc2ccc(-n3nc4ccc(Cl)cc4n3)c(O)c2)CC1(C)C. The lowest BCUT2D eigenvalue weighted by Crippen LogP contribution is -2.62. The van der Waals surface area contributed by atoms with Crippen molar-refractivity contribution in [2.75, 3.05) is 13.2 Å². The van der Waals surface area contributed by atoms with Gasteiger partial charge in [0.05, 0.1) is 0 Å². The van der Waals surface area contributed by atoms with E-state index in [4.69, 9.17) is 21.1 Å². The number of esters is 1. The van der Waals surface area contributed by atoms with Gasteiger partial charge in [0.15, 0.2) is 6.61 Å². The lowest BCUT2D eigenvalue weighted by atomic mass is 9.78. The summed E-state index contributed by atoms with van der Waals surface area (Å²) in [7, 11) is 0. The van der Waals surface area contributed by atoms with Crippen LogP contribution in [0.5, 0.6) is 11.5 Å². The molecule has 2 aromatic carbocycles. The largest absolute Gasteiger partial charge is 0.505 e. The minimum atomic E-state index is -0.415. The van der Waals surface area contributed by atoms with Gasteiger partial charge in [0.1, 0.15) is 34.3 Å². The topological polar surface area (TPSA) is 89.7 Å². The van der Waals surface area contributed by atoms with Gasteiger partial charge in [-0.3, -0.25) is 4.90 Å². The standard InChI is InChI=1S/C31H43ClN4O4/c1-6-7-8-9-10-11-16-35-30(2,3)19-24(20-31(35,4)5)40-29(38)21-39-23-13-15-27(28(37)18-23)36-33-25-14-12-22(32)17-26(25)34-36/h12-15,17-18,24,37H,6-11,16,19-21H2,1-5H3. The average molecular weight is 571 g/mol. The number of piperidine rings is 1. The zero-order chi connectivity index (χ0) is 28.9. The molecule has 0 aliphatic carbocycles. The molecule has 0 bridgehead atoms. The molecule has 3 aromatic rings. The molecule has 0 amide bonds. The second-order valence-electron chi connectivity index (χ2n) is 12.1. The van der Waals surface area contributed by atoms with Crippen LogP contribution in [-0.4, -0.2) is 61.3 Å². The van der Waals surface area contributed by atoms with Gasteiger partial charge in [0.2, 0.25) is 0 Å². The molecule has 1 aliphatic heterocycles. The number of aromatic hydroxyl groups is 1. The number of nitrogens with zero attached hydrogens (tertiary/aromatic N) is 4. The third-order valence-electron chi connectivity index (χ3n) is 7.81. The number of phenolic OH excluding ortho intramolecular Hbond substituents is 1. The van der Waals surface area contributed by atoms with Crippen LogP contribution < -0.4 is 4.74 Å². The summed E-state index contributed by atoms with van der Waals surface area (Å²) in [6, 6.07) is 9.96. The fourth-order valence-corrected chi connectivity index (χ4v) is 6.25. The quantitative estimate of drug-likeness (QED) is 0.184. The number of ether oxygens (including phenoxy) is 2. The Hall–Kier alpha value is -2.84. The summed E-state index contributed by atoms with van der Waals surface area (Å²) in [6.07, 6.45) is 9.06. The van der Waals surface area contributed by atoms with Gasteiger partial charge in [0, 0.05) is 35.0 Å². The number of carbonyl (C=O) groups is 1. The molecule has 4 rings (SSSR count). The molecule has 0 unspecified atom stereocenters. The van der Waals surface area contributed by atoms with Crippen molar-refractivity contribution in [3.8, 4) is 17.2 Å². The van der Waals surface area contributed by atoms with Crippen LogP contribution in [0.3, 0.4) is 0 Å². The molecular formula is C31H43ClN4O4. The van der Waals surface area contributed by atoms with E-state index in [1.165, 1.54) is 49.4 Å². The van der Waals surface area contributed by atoms with Crippen LogP contribution in [-0.2, 0) is 9.53 Å². The molecule has 218 valence electrons. The molecule has 0 saturated carbocycles. The van der Waals surface area contributed by atoms with E-state index in [0.29, 0.717) is 27.5 Å². The monoisotopic (exact) mass is 570 g/mol. The number of carbonyl (C=O) groups excluding carboxylic acids is 1. The number of hydrogen-bond acceptors (Lipinski definition) is 7. The van der Waals surface area contributed by atoms with Gasteiger partial charge in [-0.25, -0.2) is 4.79 Å². The minimum absolute atomic E-state index is 0.0708. The van der Waals surface area contributed by atoms with E-state index in [-0.39, 0.29) is 29.5 Å². The van der Waals surface area contributed by atoms with Crippen molar-refractivity contribution in [3.05, 3.63) is 41.4 Å². The fourth-order valence-electron chi connectivity index (χ4n) is 6.08. The Morgan fingerprint density at radius 1 is 0.975 bits per heavy atom. The van der Waals surface area contributed by atoms with Crippen molar-refractivity contribution in [1.29, 1.82) is 0 Å². The van der Waals surface area contributed by atoms with Gasteiger partial charge >= 0.3 is 5.97 Å². The Morgan fingerprint density at radius 2 is 1.65 bits per heavy atom. The second-order valence-corrected chi connectivity index (χ2v) is 12.6. The van der Waals surface area contributed by atoms with Crippen LogP contribution >= 0.6 is 11.6 Å². The molecule has 8 nitrogen and oxygen atoms in total. The number of halogens is 1. The highest BCUT2D eigenvalue weighted by molar-refractivity contribution is 6.31. The van der Waals surface area contributed by atoms with Crippen LogP contribution in [0.1, 0.15) is 86.0 Å². The zero-order valence-electron chi connectivity index (χ0n) is 24.5. The van der Waals surface area contributed by atoms with Crippen LogP contribution in [0.25, 0.3) is 16.7 Å². The normalized spacial score (nSPS) is 17.2. The summed E-state index contributed by atoms with van der Waals surface area (Å²) >= 11 is 6.04. The van der Waals surface area contributed by atoms with E-state index in [1.807, 2.05) is 0 Å². The number of fused-ring (bicyclic) bond motifs is 1. The molecule has 1 fully saturated rings. The fraction of sp³-hybridized carbons (Fsp3) is 0.581. The van der Waals surface area contributed by atoms with E-state index in [1.54, 1.807) is 30.3 Å². The number of rotatable bonds is 12. The number of unbranched alkanes of at least 4 members (excludes halogenated alkanes) is 5. The molecule has 1 aromatic heterocycles. The summed E-state index contributed by atoms with van der Waals surface area (Å²) in [4.78, 5) is 16.7. The Bertz CT molecular complexity index is 1290. The Morgan fingerprint density at radius 3 is 2.35 bits per heavy atom. The zero-order valence-corrected chi connectivity index (χ0v) is 25.2. The number of likely N-dealkylation sites (tertiary alicyclic amines) is 1. The number of hydrogen-bond donors (Lipinski definition) is 1. The van der Waals surface area contributed by atoms with Gasteiger partial charge in [-0.2, -0.15) is 0 Å². The smallest absolute Gasteiger partial charge is 0.344 e. The van der Waals surface area contributed by atoms with E-state index >= 15 is 0 Å². The molecule has 40 heavy (non-hydrogen) atoms. The first-order valence-corrected chi connectivity index (χ1v) is 14.8. The van der Waals surface area contributed by atoms with Crippen molar-refractivity contribution in [2.24, 2.45) is 0 Å². The van der Waals surface area contributed by atoms with E-state index in [0.717, 1.165) is 19.4 Å². The second kappa shape index (κ2) is 12.8. The Labute approximate surface area is 242 Å². The Kier molecular flexibility index (Phi) is 9.62. The van der Waals surface area contributed by atoms with Gasteiger partial charge in [-0.05, 0) is 71.0 Å². The highest BCUT2D eigenvalue weighted by atomic mass is 35.5. The molecule has 9 heteroatoms. The van der Waals surface area contributed by atoms with Crippen molar-refractivity contribution >= 4 is 28.6 Å². The molecule has 0 atom stereocenters. The van der Waals surface area contributed by atoms with E-state index in [2.05, 4.69) is 49.7 Å². The van der Waals surface area contributed by atoms with Gasteiger partial charge in [-0.15, -0.1) is 15.0 Å². The third-order valence-corrected chi connectivity index (χ3v) is 8.05. The van der Waals surface area contributed by atoms with Gasteiger partial charge in [-0.1, -0.05) is 50.6 Å². The number of benzene rings is 2. The first-order valence-electron chi connectivity index (χ1n) is 14.4. The third kappa shape index (κ3) is 7.46. The van der Waals surface area contributed by atoms with Crippen molar-refractivity contribution < 1.29 is 19.4 Å². The summed E-state index contributed by atoms with van der Waals surface area (Å²) < 4.78 is 11.5. The molecule has 1 aliphatic rings. The van der Waals surface area contributed by atoms with Crippen LogP contribution in [0, 0.1) is 0 Å². The summed E-state index contributed by atoms with van der Waals surface area (Å²) in [5.74, 6) is -0.132. The summed E-state index contributed by atoms with van der Waals surface area (Å²) in [5, 5.41) is 19.9. The van der Waals surface area contributed by atoms with Crippen LogP contribution in [0.15, 0.2) is 36.4 Å². The first-order chi connectivity index (χ1) is 19.0. The predicted molar refractivity (Wildman–Crippen MR) is 158 cm³/mol. The number of aromatic nitrogens is 3. The molecule has 0 radical (unpaired) electrons. The predicted octanol–water partition coefficient (Wildman–Crippen LogP) is 7.08. The summed E-state index contributed by atoms with van der Waals surface area (Å²) in [5.41, 5.74) is 1.52. The van der Waals surface area contributed by atoms with Crippen LogP contribution in [0.2, 0.25) is 5.02 Å². The van der Waals surface area contributed by atoms with Crippen molar-refractivity contribution in [3.63, 3.8) is 0 Å². The van der Waals surface area contributed by atoms with E-state index < -0.39 is 5.97 Å². The summed E-state index contributed by atoms with van der Waals surface area (Å²) in [6.45, 7) is 12.1. The molecule has 1 saturated heterocycles. The average Bonchev–Trinajstić information content (AvgIpc) is 3.28. The molecular weight excluding hydrogens is 528 g/mol. The maximum absolute atomic E-state index is 12.7. The van der Waals surface area contributed by atoms with Crippen LogP contribution in [0.4, 0.5) is 0 Å². The first kappa shape index (κ1) is 30.1. The molecule has 1 N–H and O–H groups in total. The Balaban J connectivity index is 1.29. The highest BCUT2D eigenvalue weighted by Crippen LogP contribution is 2.40. The van der Waals surface area contributed by atoms with E-state index in [9.17, 15) is 9.90 Å². The lowest BCUT2D eigenvalue weighted by molar-refractivity contribution is -0.162. The minimum Gasteiger partial charge on any atom is -0.505 e. The maximum Gasteiger partial charge on any atom is 0.344 e. The lowest BCUT2D eigenvalue weighted by Gasteiger charge is -2.55. The number of phenols is 1. The van der Waals surface area contributed by atoms with Crippen molar-refractivity contribution in [1.82, 2.24) is 19.9 Å². The highest BCUT2D eigenvalue weighted by Gasteiger charge is 2.46. The van der Waals surface area contributed by atoms with Gasteiger partial charge in [0.25, 0.3) is 0 Å².